The molecule has 2 aromatic rings. The highest BCUT2D eigenvalue weighted by molar-refractivity contribution is 5.91. The summed E-state index contributed by atoms with van der Waals surface area (Å²) in [5, 5.41) is 14.0. The molecule has 0 saturated heterocycles. The molecular weight excluding hydrogens is 266 g/mol. The van der Waals surface area contributed by atoms with Crippen LogP contribution in [-0.2, 0) is 6.42 Å². The van der Waals surface area contributed by atoms with Crippen LogP contribution in [-0.4, -0.2) is 27.4 Å². The highest BCUT2D eigenvalue weighted by Crippen LogP contribution is 2.34. The summed E-state index contributed by atoms with van der Waals surface area (Å²) in [4.78, 5) is 11.4. The van der Waals surface area contributed by atoms with Gasteiger partial charge in [0.1, 0.15) is 0 Å². The van der Waals surface area contributed by atoms with Gasteiger partial charge in [0.25, 0.3) is 0 Å². The number of nitrogens with zero attached hydrogens (tertiary/aromatic N) is 2. The minimum atomic E-state index is -0.932. The van der Waals surface area contributed by atoms with Gasteiger partial charge in [-0.15, -0.1) is 0 Å². The summed E-state index contributed by atoms with van der Waals surface area (Å²) in [6.45, 7) is 2.59. The van der Waals surface area contributed by atoms with E-state index in [0.717, 1.165) is 30.7 Å². The van der Waals surface area contributed by atoms with Crippen LogP contribution in [0.5, 0.6) is 0 Å². The summed E-state index contributed by atoms with van der Waals surface area (Å²) in [6.07, 6.45) is 3.06. The molecule has 1 heterocycles. The molecule has 0 bridgehead atoms. The van der Waals surface area contributed by atoms with Gasteiger partial charge in [-0.2, -0.15) is 5.10 Å². The molecule has 1 aliphatic carbocycles. The second kappa shape index (κ2) is 5.33. The van der Waals surface area contributed by atoms with E-state index in [4.69, 9.17) is 5.73 Å². The zero-order valence-corrected chi connectivity index (χ0v) is 12.0. The standard InChI is InChI=1S/C16H19N3O2/c1-10-15-11(9-17)5-4-8-14(15)19(18-10)13-7-3-2-6-12(13)16(20)21/h2-3,6-7,11H,4-5,8-9,17H2,1H3,(H,20,21). The number of hydrogen-bond donors (Lipinski definition) is 2. The van der Waals surface area contributed by atoms with Gasteiger partial charge in [-0.3, -0.25) is 0 Å². The van der Waals surface area contributed by atoms with E-state index in [-0.39, 0.29) is 5.56 Å². The molecular formula is C16H19N3O2. The normalized spacial score (nSPS) is 17.5. The number of aryl methyl sites for hydroxylation is 1. The van der Waals surface area contributed by atoms with Crippen molar-refractivity contribution in [3.05, 3.63) is 46.8 Å². The summed E-state index contributed by atoms with van der Waals surface area (Å²) < 4.78 is 1.80. The molecule has 0 radical (unpaired) electrons. The highest BCUT2D eigenvalue weighted by atomic mass is 16.4. The van der Waals surface area contributed by atoms with Crippen LogP contribution in [0.25, 0.3) is 5.69 Å². The fourth-order valence-electron chi connectivity index (χ4n) is 3.29. The van der Waals surface area contributed by atoms with Crippen molar-refractivity contribution < 1.29 is 9.90 Å². The fraction of sp³-hybridized carbons (Fsp3) is 0.375. The summed E-state index contributed by atoms with van der Waals surface area (Å²) in [5.74, 6) is -0.599. The lowest BCUT2D eigenvalue weighted by molar-refractivity contribution is 0.0696. The van der Waals surface area contributed by atoms with Gasteiger partial charge in [-0.05, 0) is 50.8 Å². The Kier molecular flexibility index (Phi) is 3.51. The molecule has 21 heavy (non-hydrogen) atoms. The zero-order chi connectivity index (χ0) is 15.0. The summed E-state index contributed by atoms with van der Waals surface area (Å²) in [5.41, 5.74) is 10.1. The molecule has 1 unspecified atom stereocenters. The molecule has 3 rings (SSSR count). The first-order chi connectivity index (χ1) is 10.1. The van der Waals surface area contributed by atoms with Crippen molar-refractivity contribution in [3.63, 3.8) is 0 Å². The van der Waals surface area contributed by atoms with E-state index in [1.165, 1.54) is 5.56 Å². The molecule has 1 atom stereocenters. The van der Waals surface area contributed by atoms with Crippen LogP contribution in [0.4, 0.5) is 0 Å². The van der Waals surface area contributed by atoms with E-state index < -0.39 is 5.97 Å². The Morgan fingerprint density at radius 1 is 1.48 bits per heavy atom. The molecule has 5 nitrogen and oxygen atoms in total. The number of aromatic carboxylic acids is 1. The van der Waals surface area contributed by atoms with Gasteiger partial charge in [0.2, 0.25) is 0 Å². The number of hydrogen-bond acceptors (Lipinski definition) is 3. The number of carboxylic acids is 1. The number of para-hydroxylation sites is 1. The van der Waals surface area contributed by atoms with Gasteiger partial charge in [-0.25, -0.2) is 9.48 Å². The van der Waals surface area contributed by atoms with Crippen LogP contribution in [0.1, 0.15) is 46.1 Å². The van der Waals surface area contributed by atoms with Gasteiger partial charge in [0, 0.05) is 11.3 Å². The van der Waals surface area contributed by atoms with E-state index in [9.17, 15) is 9.90 Å². The zero-order valence-electron chi connectivity index (χ0n) is 12.0. The van der Waals surface area contributed by atoms with Crippen molar-refractivity contribution >= 4 is 5.97 Å². The minimum absolute atomic E-state index is 0.276. The summed E-state index contributed by atoms with van der Waals surface area (Å²) in [7, 11) is 0. The molecule has 1 aromatic heterocycles. The molecule has 1 aromatic carbocycles. The molecule has 0 saturated carbocycles. The van der Waals surface area contributed by atoms with Crippen LogP contribution in [0.3, 0.4) is 0 Å². The largest absolute Gasteiger partial charge is 0.478 e. The summed E-state index contributed by atoms with van der Waals surface area (Å²) in [6, 6.07) is 7.00. The lowest BCUT2D eigenvalue weighted by atomic mass is 9.85. The van der Waals surface area contributed by atoms with Crippen LogP contribution < -0.4 is 5.73 Å². The number of carbonyl (C=O) groups is 1. The topological polar surface area (TPSA) is 81.1 Å². The van der Waals surface area contributed by atoms with E-state index in [2.05, 4.69) is 5.10 Å². The molecule has 1 aliphatic rings. The second-order valence-corrected chi connectivity index (χ2v) is 5.50. The predicted molar refractivity (Wildman–Crippen MR) is 80.0 cm³/mol. The van der Waals surface area contributed by atoms with Crippen molar-refractivity contribution in [2.24, 2.45) is 5.73 Å². The van der Waals surface area contributed by atoms with Crippen LogP contribution in [0, 0.1) is 6.92 Å². The van der Waals surface area contributed by atoms with Gasteiger partial charge in [0.05, 0.1) is 16.9 Å². The highest BCUT2D eigenvalue weighted by Gasteiger charge is 2.27. The first-order valence-corrected chi connectivity index (χ1v) is 7.24. The predicted octanol–water partition coefficient (Wildman–Crippen LogP) is 2.26. The fourth-order valence-corrected chi connectivity index (χ4v) is 3.29. The first-order valence-electron chi connectivity index (χ1n) is 7.24. The van der Waals surface area contributed by atoms with Crippen LogP contribution in [0.15, 0.2) is 24.3 Å². The molecule has 5 heteroatoms. The molecule has 110 valence electrons. The maximum absolute atomic E-state index is 11.4. The third-order valence-corrected chi connectivity index (χ3v) is 4.23. The second-order valence-electron chi connectivity index (χ2n) is 5.50. The average Bonchev–Trinajstić information content (AvgIpc) is 2.84. The molecule has 0 spiro atoms. The van der Waals surface area contributed by atoms with Crippen LogP contribution in [0.2, 0.25) is 0 Å². The Balaban J connectivity index is 2.20. The Bertz CT molecular complexity index is 691. The number of nitrogens with two attached hydrogens (primary N) is 1. The van der Waals surface area contributed by atoms with Gasteiger partial charge < -0.3 is 10.8 Å². The Morgan fingerprint density at radius 3 is 2.95 bits per heavy atom. The van der Waals surface area contributed by atoms with Crippen molar-refractivity contribution in [2.45, 2.75) is 32.1 Å². The smallest absolute Gasteiger partial charge is 0.337 e. The van der Waals surface area contributed by atoms with Gasteiger partial charge in [0.15, 0.2) is 0 Å². The molecule has 0 aliphatic heterocycles. The number of carboxylic acid groups (broad SMARTS) is 1. The molecule has 3 N–H and O–H groups in total. The number of fused-ring (bicyclic) bond motifs is 1. The van der Waals surface area contributed by atoms with Crippen molar-refractivity contribution in [1.29, 1.82) is 0 Å². The Labute approximate surface area is 123 Å². The van der Waals surface area contributed by atoms with Gasteiger partial charge >= 0.3 is 5.97 Å². The van der Waals surface area contributed by atoms with E-state index in [1.807, 2.05) is 19.1 Å². The average molecular weight is 285 g/mol. The maximum atomic E-state index is 11.4. The van der Waals surface area contributed by atoms with Crippen molar-refractivity contribution in [3.8, 4) is 5.69 Å². The lowest BCUT2D eigenvalue weighted by Gasteiger charge is -2.22. The SMILES string of the molecule is Cc1nn(-c2ccccc2C(=O)O)c2c1C(CN)CCC2. The number of aromatic nitrogens is 2. The van der Waals surface area contributed by atoms with Crippen LogP contribution >= 0.6 is 0 Å². The van der Waals surface area contributed by atoms with Gasteiger partial charge in [-0.1, -0.05) is 12.1 Å². The molecule has 0 amide bonds. The maximum Gasteiger partial charge on any atom is 0.337 e. The quantitative estimate of drug-likeness (QED) is 0.906. The van der Waals surface area contributed by atoms with Crippen molar-refractivity contribution in [1.82, 2.24) is 9.78 Å². The van der Waals surface area contributed by atoms with E-state index in [0.29, 0.717) is 18.2 Å². The first kappa shape index (κ1) is 13.8. The monoisotopic (exact) mass is 285 g/mol. The summed E-state index contributed by atoms with van der Waals surface area (Å²) >= 11 is 0. The third-order valence-electron chi connectivity index (χ3n) is 4.23. The number of benzene rings is 1. The molecule has 0 fully saturated rings. The number of rotatable bonds is 3. The van der Waals surface area contributed by atoms with E-state index >= 15 is 0 Å². The third kappa shape index (κ3) is 2.23. The Hall–Kier alpha value is -2.14. The van der Waals surface area contributed by atoms with Crippen molar-refractivity contribution in [2.75, 3.05) is 6.54 Å². The minimum Gasteiger partial charge on any atom is -0.478 e. The van der Waals surface area contributed by atoms with E-state index in [1.54, 1.807) is 16.8 Å². The Morgan fingerprint density at radius 2 is 2.24 bits per heavy atom. The lowest BCUT2D eigenvalue weighted by Crippen LogP contribution is -2.19.